The van der Waals surface area contributed by atoms with Gasteiger partial charge in [-0.15, -0.1) is 0 Å². The summed E-state index contributed by atoms with van der Waals surface area (Å²) in [6.07, 6.45) is 5.53. The van der Waals surface area contributed by atoms with E-state index in [9.17, 15) is 4.79 Å². The van der Waals surface area contributed by atoms with E-state index in [1.807, 2.05) is 26.0 Å². The summed E-state index contributed by atoms with van der Waals surface area (Å²) in [7, 11) is 0. The number of carbonyl (C=O) groups is 1. The Balaban J connectivity index is 3.66. The van der Waals surface area contributed by atoms with Crippen LogP contribution in [0.25, 0.3) is 0 Å². The van der Waals surface area contributed by atoms with Crippen molar-refractivity contribution in [2.75, 3.05) is 13.1 Å². The maximum absolute atomic E-state index is 11.4. The molecule has 0 unspecified atom stereocenters. The quantitative estimate of drug-likeness (QED) is 0.606. The van der Waals surface area contributed by atoms with Crippen molar-refractivity contribution in [1.82, 2.24) is 5.32 Å². The monoisotopic (exact) mass is 184 g/mol. The van der Waals surface area contributed by atoms with Crippen LogP contribution in [0.15, 0.2) is 12.2 Å². The summed E-state index contributed by atoms with van der Waals surface area (Å²) in [6, 6.07) is 0. The number of nitrogens with two attached hydrogens (primary N) is 1. The fourth-order valence-electron chi connectivity index (χ4n) is 1.14. The van der Waals surface area contributed by atoms with Crippen LogP contribution in [0.2, 0.25) is 0 Å². The van der Waals surface area contributed by atoms with Crippen LogP contribution in [-0.4, -0.2) is 19.0 Å². The van der Waals surface area contributed by atoms with Crippen molar-refractivity contribution >= 4 is 5.91 Å². The van der Waals surface area contributed by atoms with Crippen LogP contribution in [0.3, 0.4) is 0 Å². The van der Waals surface area contributed by atoms with Gasteiger partial charge in [0.05, 0.1) is 0 Å². The average Bonchev–Trinajstić information content (AvgIpc) is 2.14. The van der Waals surface area contributed by atoms with Gasteiger partial charge in [0.25, 0.3) is 0 Å². The zero-order chi connectivity index (χ0) is 10.1. The summed E-state index contributed by atoms with van der Waals surface area (Å²) in [4.78, 5) is 11.4. The molecule has 3 heteroatoms. The van der Waals surface area contributed by atoms with Gasteiger partial charge in [0.1, 0.15) is 0 Å². The van der Waals surface area contributed by atoms with Crippen molar-refractivity contribution in [3.63, 3.8) is 0 Å². The second kappa shape index (κ2) is 7.80. The second-order valence-corrected chi connectivity index (χ2v) is 2.97. The van der Waals surface area contributed by atoms with Gasteiger partial charge >= 0.3 is 0 Å². The summed E-state index contributed by atoms with van der Waals surface area (Å²) in [5.74, 6) is 0.304. The smallest absolute Gasteiger partial charge is 0.223 e. The van der Waals surface area contributed by atoms with Gasteiger partial charge in [-0.1, -0.05) is 26.0 Å². The highest BCUT2D eigenvalue weighted by Gasteiger charge is 2.11. The van der Waals surface area contributed by atoms with E-state index in [0.29, 0.717) is 13.1 Å². The van der Waals surface area contributed by atoms with Gasteiger partial charge in [-0.05, 0) is 12.8 Å². The lowest BCUT2D eigenvalue weighted by Gasteiger charge is -2.10. The molecule has 0 heterocycles. The van der Waals surface area contributed by atoms with Crippen LogP contribution in [-0.2, 0) is 4.79 Å². The molecule has 0 radical (unpaired) electrons. The predicted octanol–water partition coefficient (Wildman–Crippen LogP) is 1.05. The summed E-state index contributed by atoms with van der Waals surface area (Å²) in [5, 5.41) is 2.84. The first-order valence-corrected chi connectivity index (χ1v) is 4.89. The van der Waals surface area contributed by atoms with Gasteiger partial charge in [-0.2, -0.15) is 0 Å². The minimum absolute atomic E-state index is 0.145. The molecule has 0 saturated heterocycles. The molecule has 0 aromatic carbocycles. The van der Waals surface area contributed by atoms with Crippen LogP contribution >= 0.6 is 0 Å². The molecular weight excluding hydrogens is 164 g/mol. The first-order chi connectivity index (χ1) is 6.26. The maximum Gasteiger partial charge on any atom is 0.223 e. The number of nitrogens with one attached hydrogen (secondary N) is 1. The number of hydrogen-bond donors (Lipinski definition) is 2. The maximum atomic E-state index is 11.4. The third-order valence-electron chi connectivity index (χ3n) is 2.05. The number of amides is 1. The van der Waals surface area contributed by atoms with Crippen molar-refractivity contribution in [3.05, 3.63) is 12.2 Å². The molecule has 3 nitrogen and oxygen atoms in total. The lowest BCUT2D eigenvalue weighted by Crippen LogP contribution is -2.30. The summed E-state index contributed by atoms with van der Waals surface area (Å²) in [6.45, 7) is 5.18. The third kappa shape index (κ3) is 5.42. The molecular formula is C10H20N2O. The molecule has 0 fully saturated rings. The Labute approximate surface area is 80.4 Å². The van der Waals surface area contributed by atoms with Gasteiger partial charge in [0, 0.05) is 19.0 Å². The first-order valence-electron chi connectivity index (χ1n) is 4.89. The van der Waals surface area contributed by atoms with Crippen LogP contribution in [0.4, 0.5) is 0 Å². The van der Waals surface area contributed by atoms with E-state index in [2.05, 4.69) is 5.32 Å². The third-order valence-corrected chi connectivity index (χ3v) is 2.05. The van der Waals surface area contributed by atoms with E-state index in [4.69, 9.17) is 5.73 Å². The van der Waals surface area contributed by atoms with Crippen molar-refractivity contribution in [3.8, 4) is 0 Å². The largest absolute Gasteiger partial charge is 0.352 e. The zero-order valence-corrected chi connectivity index (χ0v) is 8.55. The molecule has 0 aliphatic carbocycles. The molecule has 0 spiro atoms. The predicted molar refractivity (Wildman–Crippen MR) is 55.3 cm³/mol. The van der Waals surface area contributed by atoms with Gasteiger partial charge in [-0.25, -0.2) is 0 Å². The van der Waals surface area contributed by atoms with Crippen LogP contribution in [0.1, 0.15) is 26.7 Å². The SMILES string of the molecule is CCC(CC)C(=O)NC/C=C/CN. The van der Waals surface area contributed by atoms with Crippen molar-refractivity contribution in [2.24, 2.45) is 11.7 Å². The second-order valence-electron chi connectivity index (χ2n) is 2.97. The standard InChI is InChI=1S/C10H20N2O/c1-3-9(4-2)10(13)12-8-6-5-7-11/h5-6,9H,3-4,7-8,11H2,1-2H3,(H,12,13)/b6-5+. The molecule has 0 aliphatic rings. The van der Waals surface area contributed by atoms with Gasteiger partial charge in [0.15, 0.2) is 0 Å². The molecule has 76 valence electrons. The van der Waals surface area contributed by atoms with E-state index in [1.54, 1.807) is 0 Å². The molecule has 0 saturated carbocycles. The van der Waals surface area contributed by atoms with Crippen LogP contribution < -0.4 is 11.1 Å². The van der Waals surface area contributed by atoms with E-state index < -0.39 is 0 Å². The highest BCUT2D eigenvalue weighted by atomic mass is 16.1. The van der Waals surface area contributed by atoms with Crippen molar-refractivity contribution in [2.45, 2.75) is 26.7 Å². The normalized spacial score (nSPS) is 11.1. The Bertz CT molecular complexity index is 162. The van der Waals surface area contributed by atoms with E-state index >= 15 is 0 Å². The van der Waals surface area contributed by atoms with E-state index in [0.717, 1.165) is 12.8 Å². The lowest BCUT2D eigenvalue weighted by atomic mass is 10.0. The highest BCUT2D eigenvalue weighted by molar-refractivity contribution is 5.78. The molecule has 3 N–H and O–H groups in total. The van der Waals surface area contributed by atoms with Crippen LogP contribution in [0.5, 0.6) is 0 Å². The molecule has 0 aromatic heterocycles. The van der Waals surface area contributed by atoms with Crippen molar-refractivity contribution < 1.29 is 4.79 Å². The Morgan fingerprint density at radius 1 is 1.38 bits per heavy atom. The number of carbonyl (C=O) groups excluding carboxylic acids is 1. The Morgan fingerprint density at radius 2 is 2.00 bits per heavy atom. The summed E-state index contributed by atoms with van der Waals surface area (Å²) < 4.78 is 0. The summed E-state index contributed by atoms with van der Waals surface area (Å²) in [5.41, 5.74) is 5.26. The minimum atomic E-state index is 0.145. The Kier molecular flexibility index (Phi) is 7.30. The minimum Gasteiger partial charge on any atom is -0.352 e. The fourth-order valence-corrected chi connectivity index (χ4v) is 1.14. The van der Waals surface area contributed by atoms with Gasteiger partial charge in [-0.3, -0.25) is 4.79 Å². The first kappa shape index (κ1) is 12.2. The molecule has 0 aromatic rings. The number of rotatable bonds is 6. The van der Waals surface area contributed by atoms with Gasteiger partial charge < -0.3 is 11.1 Å². The zero-order valence-electron chi connectivity index (χ0n) is 8.55. The average molecular weight is 184 g/mol. The molecule has 0 rings (SSSR count). The summed E-state index contributed by atoms with van der Waals surface area (Å²) >= 11 is 0. The molecule has 0 aliphatic heterocycles. The van der Waals surface area contributed by atoms with E-state index in [-0.39, 0.29) is 11.8 Å². The topological polar surface area (TPSA) is 55.1 Å². The number of hydrogen-bond acceptors (Lipinski definition) is 2. The van der Waals surface area contributed by atoms with E-state index in [1.165, 1.54) is 0 Å². The Hall–Kier alpha value is -0.830. The molecule has 1 amide bonds. The molecule has 13 heavy (non-hydrogen) atoms. The fraction of sp³-hybridized carbons (Fsp3) is 0.700. The van der Waals surface area contributed by atoms with Gasteiger partial charge in [0.2, 0.25) is 5.91 Å². The molecule has 0 bridgehead atoms. The lowest BCUT2D eigenvalue weighted by molar-refractivity contribution is -0.124. The highest BCUT2D eigenvalue weighted by Crippen LogP contribution is 2.06. The van der Waals surface area contributed by atoms with Crippen LogP contribution in [0, 0.1) is 5.92 Å². The van der Waals surface area contributed by atoms with Crippen molar-refractivity contribution in [1.29, 1.82) is 0 Å². The molecule has 0 atom stereocenters. The Morgan fingerprint density at radius 3 is 2.46 bits per heavy atom.